The van der Waals surface area contributed by atoms with E-state index in [0.29, 0.717) is 5.95 Å². The van der Waals surface area contributed by atoms with E-state index in [4.69, 9.17) is 5.84 Å². The van der Waals surface area contributed by atoms with Gasteiger partial charge in [0.2, 0.25) is 5.95 Å². The standard InChI is InChI=1S/C10H12BrN5S/c1-6-4-9(15-10(14-6)16-12)13-5-8-7(11)2-3-17-8/h2-4H,5,12H2,1H3,(H2,13,14,15,16). The zero-order chi connectivity index (χ0) is 12.3. The van der Waals surface area contributed by atoms with Gasteiger partial charge in [-0.15, -0.1) is 11.3 Å². The van der Waals surface area contributed by atoms with Crippen LogP contribution in [0.4, 0.5) is 11.8 Å². The third-order valence-electron chi connectivity index (χ3n) is 2.10. The van der Waals surface area contributed by atoms with E-state index in [1.165, 1.54) is 4.88 Å². The molecular formula is C10H12BrN5S. The van der Waals surface area contributed by atoms with Gasteiger partial charge < -0.3 is 5.32 Å². The predicted octanol–water partition coefficient (Wildman–Crippen LogP) is 2.51. The molecule has 0 amide bonds. The molecule has 7 heteroatoms. The lowest BCUT2D eigenvalue weighted by Gasteiger charge is -2.07. The molecular weight excluding hydrogens is 302 g/mol. The first kappa shape index (κ1) is 12.3. The number of nitrogens with one attached hydrogen (secondary N) is 2. The van der Waals surface area contributed by atoms with Crippen molar-refractivity contribution in [1.29, 1.82) is 0 Å². The maximum Gasteiger partial charge on any atom is 0.239 e. The second-order valence-corrected chi connectivity index (χ2v) is 5.26. The second-order valence-electron chi connectivity index (χ2n) is 3.41. The van der Waals surface area contributed by atoms with Crippen molar-refractivity contribution in [2.75, 3.05) is 10.7 Å². The third kappa shape index (κ3) is 3.15. The monoisotopic (exact) mass is 313 g/mol. The van der Waals surface area contributed by atoms with Gasteiger partial charge in [0.15, 0.2) is 0 Å². The third-order valence-corrected chi connectivity index (χ3v) is 4.03. The summed E-state index contributed by atoms with van der Waals surface area (Å²) in [5, 5.41) is 5.28. The number of nitrogens with two attached hydrogens (primary N) is 1. The molecule has 0 aliphatic heterocycles. The van der Waals surface area contributed by atoms with E-state index in [-0.39, 0.29) is 0 Å². The summed E-state index contributed by atoms with van der Waals surface area (Å²) < 4.78 is 1.11. The normalized spacial score (nSPS) is 10.3. The average molecular weight is 314 g/mol. The van der Waals surface area contributed by atoms with Gasteiger partial charge in [0, 0.05) is 21.1 Å². The number of halogens is 1. The summed E-state index contributed by atoms with van der Waals surface area (Å²) in [6.45, 7) is 2.62. The van der Waals surface area contributed by atoms with Gasteiger partial charge in [-0.25, -0.2) is 10.8 Å². The number of hydrogen-bond acceptors (Lipinski definition) is 6. The SMILES string of the molecule is Cc1cc(NCc2sccc2Br)nc(NN)n1. The predicted molar refractivity (Wildman–Crippen MR) is 73.9 cm³/mol. The van der Waals surface area contributed by atoms with Crippen LogP contribution in [0.3, 0.4) is 0 Å². The van der Waals surface area contributed by atoms with Crippen molar-refractivity contribution in [3.8, 4) is 0 Å². The fourth-order valence-corrected chi connectivity index (χ4v) is 2.78. The van der Waals surface area contributed by atoms with Crippen molar-refractivity contribution in [1.82, 2.24) is 9.97 Å². The molecule has 5 nitrogen and oxygen atoms in total. The molecule has 0 aliphatic carbocycles. The van der Waals surface area contributed by atoms with Crippen molar-refractivity contribution in [2.45, 2.75) is 13.5 Å². The summed E-state index contributed by atoms with van der Waals surface area (Å²) in [7, 11) is 0. The smallest absolute Gasteiger partial charge is 0.239 e. The largest absolute Gasteiger partial charge is 0.365 e. The highest BCUT2D eigenvalue weighted by atomic mass is 79.9. The van der Waals surface area contributed by atoms with Gasteiger partial charge in [0.1, 0.15) is 5.82 Å². The van der Waals surface area contributed by atoms with Crippen LogP contribution in [0.5, 0.6) is 0 Å². The Hall–Kier alpha value is -1.18. The number of hydrogen-bond donors (Lipinski definition) is 3. The minimum atomic E-state index is 0.415. The molecule has 0 fully saturated rings. The number of nitrogens with zero attached hydrogens (tertiary/aromatic N) is 2. The highest BCUT2D eigenvalue weighted by molar-refractivity contribution is 9.10. The average Bonchev–Trinajstić information content (AvgIpc) is 2.71. The topological polar surface area (TPSA) is 75.9 Å². The summed E-state index contributed by atoms with van der Waals surface area (Å²) in [6, 6.07) is 3.90. The Kier molecular flexibility index (Phi) is 3.93. The van der Waals surface area contributed by atoms with Crippen molar-refractivity contribution < 1.29 is 0 Å². The molecule has 0 radical (unpaired) electrons. The van der Waals surface area contributed by atoms with E-state index in [1.54, 1.807) is 11.3 Å². The molecule has 90 valence electrons. The quantitative estimate of drug-likeness (QED) is 0.597. The molecule has 0 aliphatic rings. The van der Waals surface area contributed by atoms with Crippen molar-refractivity contribution in [3.05, 3.63) is 32.6 Å². The van der Waals surface area contributed by atoms with Gasteiger partial charge in [0.05, 0.1) is 6.54 Å². The highest BCUT2D eigenvalue weighted by Crippen LogP contribution is 2.23. The van der Waals surface area contributed by atoms with Crippen LogP contribution < -0.4 is 16.6 Å². The maximum atomic E-state index is 5.29. The Morgan fingerprint density at radius 2 is 2.29 bits per heavy atom. The van der Waals surface area contributed by atoms with E-state index in [9.17, 15) is 0 Å². The molecule has 2 aromatic rings. The van der Waals surface area contributed by atoms with Crippen LogP contribution >= 0.6 is 27.3 Å². The van der Waals surface area contributed by atoms with E-state index >= 15 is 0 Å². The number of anilines is 2. The number of hydrazine groups is 1. The summed E-state index contributed by atoms with van der Waals surface area (Å²) in [6.07, 6.45) is 0. The molecule has 0 unspecified atom stereocenters. The zero-order valence-electron chi connectivity index (χ0n) is 9.20. The van der Waals surface area contributed by atoms with E-state index in [0.717, 1.165) is 22.5 Å². The molecule has 0 saturated heterocycles. The maximum absolute atomic E-state index is 5.29. The van der Waals surface area contributed by atoms with Crippen LogP contribution in [-0.4, -0.2) is 9.97 Å². The Morgan fingerprint density at radius 3 is 2.94 bits per heavy atom. The van der Waals surface area contributed by atoms with Crippen LogP contribution in [-0.2, 0) is 6.54 Å². The Morgan fingerprint density at radius 1 is 1.47 bits per heavy atom. The summed E-state index contributed by atoms with van der Waals surface area (Å²) in [5.41, 5.74) is 3.31. The van der Waals surface area contributed by atoms with Gasteiger partial charge in [-0.2, -0.15) is 4.98 Å². The lowest BCUT2D eigenvalue weighted by atomic mass is 10.4. The lowest BCUT2D eigenvalue weighted by molar-refractivity contribution is 1.05. The highest BCUT2D eigenvalue weighted by Gasteiger charge is 2.03. The number of nitrogen functional groups attached to an aromatic ring is 1. The fraction of sp³-hybridized carbons (Fsp3) is 0.200. The van der Waals surface area contributed by atoms with E-state index in [2.05, 4.69) is 36.6 Å². The molecule has 2 rings (SSSR count). The molecule has 0 atom stereocenters. The molecule has 0 saturated carbocycles. The van der Waals surface area contributed by atoms with Crippen LogP contribution in [0.15, 0.2) is 22.0 Å². The molecule has 17 heavy (non-hydrogen) atoms. The van der Waals surface area contributed by atoms with Crippen LogP contribution in [0.2, 0.25) is 0 Å². The van der Waals surface area contributed by atoms with E-state index < -0.39 is 0 Å². The lowest BCUT2D eigenvalue weighted by Crippen LogP contribution is -2.12. The van der Waals surface area contributed by atoms with Crippen LogP contribution in [0.25, 0.3) is 0 Å². The van der Waals surface area contributed by atoms with Crippen LogP contribution in [0.1, 0.15) is 10.6 Å². The number of rotatable bonds is 4. The van der Waals surface area contributed by atoms with Gasteiger partial charge in [-0.3, -0.25) is 5.43 Å². The summed E-state index contributed by atoms with van der Waals surface area (Å²) in [5.74, 6) is 6.46. The van der Waals surface area contributed by atoms with Gasteiger partial charge in [-0.1, -0.05) is 0 Å². The van der Waals surface area contributed by atoms with Gasteiger partial charge in [0.25, 0.3) is 0 Å². The molecule has 0 aromatic carbocycles. The van der Waals surface area contributed by atoms with E-state index in [1.807, 2.05) is 24.4 Å². The van der Waals surface area contributed by atoms with Gasteiger partial charge >= 0.3 is 0 Å². The molecule has 0 spiro atoms. The molecule has 4 N–H and O–H groups in total. The zero-order valence-corrected chi connectivity index (χ0v) is 11.6. The Labute approximate surface area is 112 Å². The summed E-state index contributed by atoms with van der Waals surface area (Å²) in [4.78, 5) is 9.56. The first-order valence-corrected chi connectivity index (χ1v) is 6.64. The molecule has 0 bridgehead atoms. The first-order chi connectivity index (χ1) is 8.19. The van der Waals surface area contributed by atoms with Crippen LogP contribution in [0, 0.1) is 6.92 Å². The van der Waals surface area contributed by atoms with Crippen molar-refractivity contribution >= 4 is 39.0 Å². The number of thiophene rings is 1. The molecule has 2 heterocycles. The summed E-state index contributed by atoms with van der Waals surface area (Å²) >= 11 is 5.18. The first-order valence-electron chi connectivity index (χ1n) is 4.97. The van der Waals surface area contributed by atoms with Crippen molar-refractivity contribution in [3.63, 3.8) is 0 Å². The van der Waals surface area contributed by atoms with Crippen molar-refractivity contribution in [2.24, 2.45) is 5.84 Å². The minimum absolute atomic E-state index is 0.415. The minimum Gasteiger partial charge on any atom is -0.365 e. The fourth-order valence-electron chi connectivity index (χ4n) is 1.35. The Balaban J connectivity index is 2.09. The number of aromatic nitrogens is 2. The number of aryl methyl sites for hydroxylation is 1. The van der Waals surface area contributed by atoms with Gasteiger partial charge in [-0.05, 0) is 34.3 Å². The molecule has 2 aromatic heterocycles. The Bertz CT molecular complexity index is 513. The second kappa shape index (κ2) is 5.44.